The van der Waals surface area contributed by atoms with Crippen LogP contribution < -0.4 is 0 Å². The molecule has 20 heavy (non-hydrogen) atoms. The van der Waals surface area contributed by atoms with Crippen molar-refractivity contribution in [1.82, 2.24) is 0 Å². The van der Waals surface area contributed by atoms with E-state index in [-0.39, 0.29) is 5.97 Å². The molecule has 0 atom stereocenters. The number of carbonyl (C=O) groups excluding carboxylic acids is 1. The third-order valence-electron chi connectivity index (χ3n) is 2.64. The molecule has 6 heteroatoms. The monoisotopic (exact) mass is 338 g/mol. The molecule has 0 saturated carbocycles. The minimum atomic E-state index is -0.299. The molecule has 1 aromatic carbocycles. The molecule has 2 aliphatic heterocycles. The minimum absolute atomic E-state index is 0.299. The van der Waals surface area contributed by atoms with Crippen molar-refractivity contribution < 1.29 is 9.53 Å². The normalized spacial score (nSPS) is 17.6. The van der Waals surface area contributed by atoms with Gasteiger partial charge in [0.05, 0.1) is 21.1 Å². The lowest BCUT2D eigenvalue weighted by atomic mass is 10.1. The topological polar surface area (TPSA) is 26.3 Å². The molecule has 0 aliphatic carbocycles. The van der Waals surface area contributed by atoms with E-state index < -0.39 is 0 Å². The zero-order valence-corrected chi connectivity index (χ0v) is 13.8. The fraction of sp³-hybridized carbons (Fsp3) is 0.0714. The van der Waals surface area contributed by atoms with Gasteiger partial charge in [0.15, 0.2) is 0 Å². The number of hydrogen-bond acceptors (Lipinski definition) is 6. The molecule has 2 aliphatic rings. The van der Waals surface area contributed by atoms with Crippen LogP contribution in [0, 0.1) is 0 Å². The quantitative estimate of drug-likeness (QED) is 0.676. The van der Waals surface area contributed by atoms with E-state index in [0.29, 0.717) is 5.56 Å². The van der Waals surface area contributed by atoms with Crippen LogP contribution >= 0.6 is 47.0 Å². The molecule has 102 valence electrons. The predicted molar refractivity (Wildman–Crippen MR) is 92.3 cm³/mol. The van der Waals surface area contributed by atoms with Crippen LogP contribution in [0.25, 0.3) is 4.91 Å². The van der Waals surface area contributed by atoms with Crippen LogP contribution in [0.1, 0.15) is 15.9 Å². The summed E-state index contributed by atoms with van der Waals surface area (Å²) in [5.41, 5.74) is 1.71. The van der Waals surface area contributed by atoms with Crippen molar-refractivity contribution in [1.29, 1.82) is 0 Å². The predicted octanol–water partition coefficient (Wildman–Crippen LogP) is 5.33. The Morgan fingerprint density at radius 1 is 1.00 bits per heavy atom. The van der Waals surface area contributed by atoms with Gasteiger partial charge in [-0.3, -0.25) is 0 Å². The van der Waals surface area contributed by atoms with E-state index in [1.54, 1.807) is 59.2 Å². The van der Waals surface area contributed by atoms with E-state index in [2.05, 4.69) is 16.2 Å². The Hall–Kier alpha value is -0.690. The maximum Gasteiger partial charge on any atom is 0.337 e. The Morgan fingerprint density at radius 2 is 1.70 bits per heavy atom. The molecule has 0 amide bonds. The summed E-state index contributed by atoms with van der Waals surface area (Å²) in [6.07, 6.45) is 0. The van der Waals surface area contributed by atoms with E-state index in [1.165, 1.54) is 20.5 Å². The third kappa shape index (κ3) is 2.98. The fourth-order valence-electron chi connectivity index (χ4n) is 1.66. The van der Waals surface area contributed by atoms with Gasteiger partial charge in [-0.25, -0.2) is 4.79 Å². The average molecular weight is 338 g/mol. The van der Waals surface area contributed by atoms with Crippen LogP contribution in [0.2, 0.25) is 0 Å². The van der Waals surface area contributed by atoms with Crippen LogP contribution in [0.3, 0.4) is 0 Å². The number of rotatable bonds is 2. The van der Waals surface area contributed by atoms with Crippen molar-refractivity contribution in [2.24, 2.45) is 0 Å². The Bertz CT molecular complexity index is 619. The van der Waals surface area contributed by atoms with E-state index in [1.807, 2.05) is 12.1 Å². The molecule has 0 unspecified atom stereocenters. The summed E-state index contributed by atoms with van der Waals surface area (Å²) in [6, 6.07) is 7.54. The van der Waals surface area contributed by atoms with Gasteiger partial charge in [-0.1, -0.05) is 59.2 Å². The third-order valence-corrected chi connectivity index (χ3v) is 7.71. The Kier molecular flexibility index (Phi) is 4.55. The van der Waals surface area contributed by atoms with Gasteiger partial charge < -0.3 is 4.74 Å². The summed E-state index contributed by atoms with van der Waals surface area (Å²) < 4.78 is 7.38. The van der Waals surface area contributed by atoms with E-state index in [9.17, 15) is 4.79 Å². The summed E-state index contributed by atoms with van der Waals surface area (Å²) in [6.45, 7) is 0. The highest BCUT2D eigenvalue weighted by Gasteiger charge is 2.19. The first kappa shape index (κ1) is 14.3. The molecule has 3 rings (SSSR count). The number of esters is 1. The lowest BCUT2D eigenvalue weighted by Crippen LogP contribution is -2.00. The summed E-state index contributed by atoms with van der Waals surface area (Å²) in [5.74, 6) is -0.299. The smallest absolute Gasteiger partial charge is 0.337 e. The Labute approximate surface area is 134 Å². The van der Waals surface area contributed by atoms with E-state index in [0.717, 1.165) is 5.56 Å². The molecule has 1 aromatic rings. The van der Waals surface area contributed by atoms with Gasteiger partial charge in [0.1, 0.15) is 0 Å². The maximum atomic E-state index is 11.4. The number of thioether (sulfide) groups is 4. The molecular formula is C14H10O2S4. The second-order valence-electron chi connectivity index (χ2n) is 3.85. The zero-order valence-electron chi connectivity index (χ0n) is 10.5. The molecule has 0 fully saturated rings. The number of benzene rings is 1. The minimum Gasteiger partial charge on any atom is -0.465 e. The molecule has 0 saturated heterocycles. The molecule has 2 nitrogen and oxygen atoms in total. The number of methoxy groups -OCH3 is 1. The fourth-order valence-corrected chi connectivity index (χ4v) is 6.15. The van der Waals surface area contributed by atoms with Crippen LogP contribution in [0.15, 0.2) is 49.0 Å². The second-order valence-corrected chi connectivity index (χ2v) is 8.13. The van der Waals surface area contributed by atoms with Gasteiger partial charge >= 0.3 is 5.97 Å². The molecule has 0 bridgehead atoms. The van der Waals surface area contributed by atoms with Gasteiger partial charge in [-0.15, -0.1) is 0 Å². The van der Waals surface area contributed by atoms with Gasteiger partial charge in [-0.2, -0.15) is 0 Å². The van der Waals surface area contributed by atoms with Crippen LogP contribution in [-0.2, 0) is 4.74 Å². The summed E-state index contributed by atoms with van der Waals surface area (Å²) in [7, 11) is 1.39. The maximum absolute atomic E-state index is 11.4. The highest BCUT2D eigenvalue weighted by atomic mass is 32.2. The van der Waals surface area contributed by atoms with E-state index in [4.69, 9.17) is 4.74 Å². The zero-order chi connectivity index (χ0) is 13.9. The summed E-state index contributed by atoms with van der Waals surface area (Å²) in [5, 5.41) is 6.38. The van der Waals surface area contributed by atoms with Crippen molar-refractivity contribution >= 4 is 57.9 Å². The largest absolute Gasteiger partial charge is 0.465 e. The van der Waals surface area contributed by atoms with Crippen LogP contribution in [0.5, 0.6) is 0 Å². The molecular weight excluding hydrogens is 328 g/mol. The average Bonchev–Trinajstić information content (AvgIpc) is 3.17. The number of carbonyl (C=O) groups is 1. The van der Waals surface area contributed by atoms with Crippen molar-refractivity contribution in [2.75, 3.05) is 7.11 Å². The number of ether oxygens (including phenoxy) is 1. The number of hydrogen-bond donors (Lipinski definition) is 0. The first-order valence-corrected chi connectivity index (χ1v) is 9.19. The van der Waals surface area contributed by atoms with E-state index >= 15 is 0 Å². The highest BCUT2D eigenvalue weighted by molar-refractivity contribution is 8.35. The van der Waals surface area contributed by atoms with Crippen molar-refractivity contribution in [3.05, 3.63) is 60.1 Å². The van der Waals surface area contributed by atoms with Crippen LogP contribution in [0.4, 0.5) is 0 Å². The molecule has 0 aromatic heterocycles. The first-order chi connectivity index (χ1) is 9.78. The highest BCUT2D eigenvalue weighted by Crippen LogP contribution is 2.55. The van der Waals surface area contributed by atoms with Crippen molar-refractivity contribution in [3.8, 4) is 0 Å². The lowest BCUT2D eigenvalue weighted by Gasteiger charge is -2.04. The summed E-state index contributed by atoms with van der Waals surface area (Å²) in [4.78, 5) is 12.6. The van der Waals surface area contributed by atoms with Gasteiger partial charge in [-0.05, 0) is 33.9 Å². The standard InChI is InChI=1S/C14H10O2S4/c1-16-12(15)10-4-2-9(3-5-10)11-8-19-14(20-11)13-17-6-7-18-13/h2-8H,1H3. The van der Waals surface area contributed by atoms with Gasteiger partial charge in [0.25, 0.3) is 0 Å². The SMILES string of the molecule is COC(=O)c1ccc(C2=CSC(=C3SC=CS3)S2)cc1. The second kappa shape index (κ2) is 6.39. The Balaban J connectivity index is 1.75. The molecule has 2 heterocycles. The van der Waals surface area contributed by atoms with Crippen molar-refractivity contribution in [3.63, 3.8) is 0 Å². The van der Waals surface area contributed by atoms with Crippen molar-refractivity contribution in [2.45, 2.75) is 0 Å². The van der Waals surface area contributed by atoms with Gasteiger partial charge in [0, 0.05) is 4.91 Å². The molecule has 0 radical (unpaired) electrons. The Morgan fingerprint density at radius 3 is 2.35 bits per heavy atom. The molecule has 0 N–H and O–H groups in total. The lowest BCUT2D eigenvalue weighted by molar-refractivity contribution is 0.0601. The molecule has 0 spiro atoms. The summed E-state index contributed by atoms with van der Waals surface area (Å²) >= 11 is 7.10. The first-order valence-electron chi connectivity index (χ1n) is 5.74. The van der Waals surface area contributed by atoms with Gasteiger partial charge in [0.2, 0.25) is 0 Å². The van der Waals surface area contributed by atoms with Crippen LogP contribution in [-0.4, -0.2) is 13.1 Å².